The quantitative estimate of drug-likeness (QED) is 0.809. The molecule has 0 unspecified atom stereocenters. The van der Waals surface area contributed by atoms with Crippen LogP contribution in [0.3, 0.4) is 0 Å². The second kappa shape index (κ2) is 6.63. The second-order valence-electron chi connectivity index (χ2n) is 5.05. The Kier molecular flexibility index (Phi) is 4.40. The van der Waals surface area contributed by atoms with E-state index < -0.39 is 0 Å². The highest BCUT2D eigenvalue weighted by Gasteiger charge is 2.16. The molecule has 1 fully saturated rings. The average molecular weight is 273 g/mol. The van der Waals surface area contributed by atoms with Crippen molar-refractivity contribution in [2.45, 2.75) is 38.7 Å². The van der Waals surface area contributed by atoms with E-state index in [1.54, 1.807) is 0 Å². The molecule has 1 aromatic carbocycles. The van der Waals surface area contributed by atoms with Gasteiger partial charge < -0.3 is 9.47 Å². The highest BCUT2D eigenvalue weighted by Crippen LogP contribution is 2.13. The standard InChI is InChI=1S/C15H19N3O2/c1-2-5-13(6-3-1)11-19-12-14-9-18(17-16-14)10-15-7-4-8-20-15/h1-3,5-6,9,15H,4,7-8,10-12H2/t15-/m0/s1. The number of benzene rings is 1. The van der Waals surface area contributed by atoms with Crippen molar-refractivity contribution >= 4 is 0 Å². The van der Waals surface area contributed by atoms with Crippen LogP contribution in [-0.4, -0.2) is 27.7 Å². The molecule has 0 N–H and O–H groups in total. The van der Waals surface area contributed by atoms with Gasteiger partial charge in [0, 0.05) is 6.61 Å². The minimum absolute atomic E-state index is 0.287. The predicted octanol–water partition coefficient (Wildman–Crippen LogP) is 2.17. The molecule has 0 aliphatic carbocycles. The Balaban J connectivity index is 1.45. The molecule has 0 bridgehead atoms. The number of hydrogen-bond donors (Lipinski definition) is 0. The third-order valence-electron chi connectivity index (χ3n) is 3.36. The van der Waals surface area contributed by atoms with Crippen molar-refractivity contribution < 1.29 is 9.47 Å². The molecule has 5 nitrogen and oxygen atoms in total. The minimum atomic E-state index is 0.287. The summed E-state index contributed by atoms with van der Waals surface area (Å²) in [6.45, 7) is 2.73. The molecule has 0 radical (unpaired) electrons. The van der Waals surface area contributed by atoms with Crippen molar-refractivity contribution in [2.75, 3.05) is 6.61 Å². The lowest BCUT2D eigenvalue weighted by Gasteiger charge is -2.07. The molecular formula is C15H19N3O2. The molecule has 1 saturated heterocycles. The summed E-state index contributed by atoms with van der Waals surface area (Å²) >= 11 is 0. The summed E-state index contributed by atoms with van der Waals surface area (Å²) in [5.74, 6) is 0. The van der Waals surface area contributed by atoms with Gasteiger partial charge in [-0.3, -0.25) is 0 Å². The first-order chi connectivity index (χ1) is 9.90. The van der Waals surface area contributed by atoms with Crippen LogP contribution >= 0.6 is 0 Å². The lowest BCUT2D eigenvalue weighted by molar-refractivity contribution is 0.0933. The van der Waals surface area contributed by atoms with E-state index in [-0.39, 0.29) is 6.10 Å². The third kappa shape index (κ3) is 3.65. The zero-order chi connectivity index (χ0) is 13.6. The van der Waals surface area contributed by atoms with Gasteiger partial charge in [0.15, 0.2) is 0 Å². The second-order valence-corrected chi connectivity index (χ2v) is 5.05. The number of rotatable bonds is 6. The number of hydrogen-bond acceptors (Lipinski definition) is 4. The van der Waals surface area contributed by atoms with Crippen LogP contribution in [0.25, 0.3) is 0 Å². The molecule has 1 aliphatic rings. The van der Waals surface area contributed by atoms with Crippen LogP contribution < -0.4 is 0 Å². The van der Waals surface area contributed by atoms with Gasteiger partial charge >= 0.3 is 0 Å². The van der Waals surface area contributed by atoms with E-state index in [2.05, 4.69) is 10.3 Å². The van der Waals surface area contributed by atoms with Crippen LogP contribution in [0.4, 0.5) is 0 Å². The van der Waals surface area contributed by atoms with E-state index in [0.29, 0.717) is 13.2 Å². The van der Waals surface area contributed by atoms with Crippen molar-refractivity contribution in [2.24, 2.45) is 0 Å². The molecule has 0 saturated carbocycles. The maximum atomic E-state index is 5.64. The Bertz CT molecular complexity index is 521. The Morgan fingerprint density at radius 2 is 2.15 bits per heavy atom. The molecule has 0 amide bonds. The molecule has 3 rings (SSSR count). The topological polar surface area (TPSA) is 49.2 Å². The zero-order valence-corrected chi connectivity index (χ0v) is 11.4. The Labute approximate surface area is 118 Å². The average Bonchev–Trinajstić information content (AvgIpc) is 3.13. The Hall–Kier alpha value is -1.72. The molecule has 2 aromatic rings. The lowest BCUT2D eigenvalue weighted by atomic mass is 10.2. The fourth-order valence-electron chi connectivity index (χ4n) is 2.34. The highest BCUT2D eigenvalue weighted by molar-refractivity contribution is 5.13. The first kappa shape index (κ1) is 13.3. The maximum Gasteiger partial charge on any atom is 0.108 e. The summed E-state index contributed by atoms with van der Waals surface area (Å²) in [6, 6.07) is 10.1. The van der Waals surface area contributed by atoms with Crippen molar-refractivity contribution in [3.05, 3.63) is 47.8 Å². The van der Waals surface area contributed by atoms with Gasteiger partial charge in [-0.15, -0.1) is 5.10 Å². The number of aromatic nitrogens is 3. The maximum absolute atomic E-state index is 5.64. The summed E-state index contributed by atoms with van der Waals surface area (Å²) in [4.78, 5) is 0. The van der Waals surface area contributed by atoms with Gasteiger partial charge in [0.2, 0.25) is 0 Å². The smallest absolute Gasteiger partial charge is 0.108 e. The van der Waals surface area contributed by atoms with E-state index in [0.717, 1.165) is 31.7 Å². The molecule has 20 heavy (non-hydrogen) atoms. The lowest BCUT2D eigenvalue weighted by Crippen LogP contribution is -2.15. The van der Waals surface area contributed by atoms with Gasteiger partial charge in [0.25, 0.3) is 0 Å². The summed E-state index contributed by atoms with van der Waals surface area (Å²) in [5.41, 5.74) is 2.03. The normalized spacial score (nSPS) is 18.5. The van der Waals surface area contributed by atoms with Gasteiger partial charge in [-0.05, 0) is 18.4 Å². The largest absolute Gasteiger partial charge is 0.376 e. The predicted molar refractivity (Wildman–Crippen MR) is 73.9 cm³/mol. The summed E-state index contributed by atoms with van der Waals surface area (Å²) in [5, 5.41) is 8.23. The van der Waals surface area contributed by atoms with Crippen LogP contribution in [0, 0.1) is 0 Å². The van der Waals surface area contributed by atoms with Crippen LogP contribution in [0.1, 0.15) is 24.1 Å². The van der Waals surface area contributed by atoms with Gasteiger partial charge in [-0.25, -0.2) is 4.68 Å². The highest BCUT2D eigenvalue weighted by atomic mass is 16.5. The minimum Gasteiger partial charge on any atom is -0.376 e. The van der Waals surface area contributed by atoms with Crippen molar-refractivity contribution in [3.8, 4) is 0 Å². The zero-order valence-electron chi connectivity index (χ0n) is 11.4. The summed E-state index contributed by atoms with van der Waals surface area (Å²) < 4.78 is 13.1. The fraction of sp³-hybridized carbons (Fsp3) is 0.467. The number of nitrogens with zero attached hydrogens (tertiary/aromatic N) is 3. The SMILES string of the molecule is c1ccc(COCc2cn(C[C@@H]3CCCO3)nn2)cc1. The molecule has 5 heteroatoms. The van der Waals surface area contributed by atoms with Gasteiger partial charge in [-0.1, -0.05) is 35.5 Å². The summed E-state index contributed by atoms with van der Waals surface area (Å²) in [6.07, 6.45) is 4.48. The summed E-state index contributed by atoms with van der Waals surface area (Å²) in [7, 11) is 0. The third-order valence-corrected chi connectivity index (χ3v) is 3.36. The fourth-order valence-corrected chi connectivity index (χ4v) is 2.34. The van der Waals surface area contributed by atoms with Crippen LogP contribution in [0.15, 0.2) is 36.5 Å². The van der Waals surface area contributed by atoms with Gasteiger partial charge in [-0.2, -0.15) is 0 Å². The molecule has 1 aliphatic heterocycles. The van der Waals surface area contributed by atoms with E-state index in [9.17, 15) is 0 Å². The first-order valence-corrected chi connectivity index (χ1v) is 7.02. The first-order valence-electron chi connectivity index (χ1n) is 7.02. The monoisotopic (exact) mass is 273 g/mol. The van der Waals surface area contributed by atoms with Crippen molar-refractivity contribution in [1.82, 2.24) is 15.0 Å². The van der Waals surface area contributed by atoms with Gasteiger partial charge in [0.05, 0.1) is 32.1 Å². The van der Waals surface area contributed by atoms with E-state index in [4.69, 9.17) is 9.47 Å². The van der Waals surface area contributed by atoms with Crippen LogP contribution in [-0.2, 0) is 29.2 Å². The van der Waals surface area contributed by atoms with Crippen molar-refractivity contribution in [3.63, 3.8) is 0 Å². The van der Waals surface area contributed by atoms with Crippen LogP contribution in [0.2, 0.25) is 0 Å². The molecule has 106 valence electrons. The molecular weight excluding hydrogens is 254 g/mol. The number of ether oxygens (including phenoxy) is 2. The molecule has 0 spiro atoms. The Morgan fingerprint density at radius 1 is 1.25 bits per heavy atom. The molecule has 1 aromatic heterocycles. The van der Waals surface area contributed by atoms with Crippen LogP contribution in [0.5, 0.6) is 0 Å². The van der Waals surface area contributed by atoms with E-state index >= 15 is 0 Å². The van der Waals surface area contributed by atoms with E-state index in [1.165, 1.54) is 5.56 Å². The molecule has 1 atom stereocenters. The molecule has 2 heterocycles. The van der Waals surface area contributed by atoms with Crippen molar-refractivity contribution in [1.29, 1.82) is 0 Å². The van der Waals surface area contributed by atoms with E-state index in [1.807, 2.05) is 41.2 Å². The van der Waals surface area contributed by atoms with Gasteiger partial charge in [0.1, 0.15) is 5.69 Å². The Morgan fingerprint density at radius 3 is 2.95 bits per heavy atom.